The molecule has 2 amide bonds. The van der Waals surface area contributed by atoms with E-state index in [0.29, 0.717) is 6.54 Å². The standard InChI is InChI=1S/C29H34N4O4S/c1-29(2,3)21-11-9-20(10-12-21)16-32-19-31-23-15-24(28(37)30-14-13-27(35)36)33(17-25(23)32)26(34)18-38-22-7-5-4-6-8-22/h4-12,19,24H,13-18H2,1-3H3,(H,30,37)(H,35,36). The van der Waals surface area contributed by atoms with Gasteiger partial charge in [0.2, 0.25) is 11.8 Å². The van der Waals surface area contributed by atoms with Gasteiger partial charge in [0.25, 0.3) is 0 Å². The van der Waals surface area contributed by atoms with E-state index in [1.165, 1.54) is 17.3 Å². The van der Waals surface area contributed by atoms with Gasteiger partial charge in [0.05, 0.1) is 36.4 Å². The number of nitrogens with zero attached hydrogens (tertiary/aromatic N) is 3. The first-order valence-corrected chi connectivity index (χ1v) is 13.7. The monoisotopic (exact) mass is 534 g/mol. The van der Waals surface area contributed by atoms with Crippen LogP contribution in [0, 0.1) is 0 Å². The van der Waals surface area contributed by atoms with Gasteiger partial charge >= 0.3 is 5.97 Å². The Morgan fingerprint density at radius 3 is 2.45 bits per heavy atom. The van der Waals surface area contributed by atoms with Crippen molar-refractivity contribution < 1.29 is 19.5 Å². The summed E-state index contributed by atoms with van der Waals surface area (Å²) in [6.45, 7) is 7.44. The highest BCUT2D eigenvalue weighted by molar-refractivity contribution is 8.00. The molecule has 0 radical (unpaired) electrons. The van der Waals surface area contributed by atoms with Crippen molar-refractivity contribution in [1.29, 1.82) is 0 Å². The minimum absolute atomic E-state index is 0.0112. The molecule has 1 unspecified atom stereocenters. The molecule has 0 saturated carbocycles. The molecule has 8 nitrogen and oxygen atoms in total. The molecule has 2 N–H and O–H groups in total. The molecule has 1 aliphatic heterocycles. The Labute approximate surface area is 227 Å². The van der Waals surface area contributed by atoms with Crippen molar-refractivity contribution in [2.24, 2.45) is 0 Å². The number of hydrogen-bond acceptors (Lipinski definition) is 5. The summed E-state index contributed by atoms with van der Waals surface area (Å²) in [5.74, 6) is -1.30. The first kappa shape index (κ1) is 27.4. The number of hydrogen-bond donors (Lipinski definition) is 2. The van der Waals surface area contributed by atoms with E-state index in [2.05, 4.69) is 55.3 Å². The quantitative estimate of drug-likeness (QED) is 0.404. The van der Waals surface area contributed by atoms with Gasteiger partial charge in [0.1, 0.15) is 6.04 Å². The highest BCUT2D eigenvalue weighted by atomic mass is 32.2. The SMILES string of the molecule is CC(C)(C)c1ccc(Cn2cnc3c2CN(C(=O)CSc2ccccc2)C(C(=O)NCCC(=O)O)C3)cc1. The maximum Gasteiger partial charge on any atom is 0.305 e. The van der Waals surface area contributed by atoms with Crippen LogP contribution in [0.1, 0.15) is 49.7 Å². The molecule has 1 atom stereocenters. The van der Waals surface area contributed by atoms with E-state index in [4.69, 9.17) is 5.11 Å². The van der Waals surface area contributed by atoms with E-state index in [-0.39, 0.29) is 48.9 Å². The zero-order valence-electron chi connectivity index (χ0n) is 22.0. The number of imidazole rings is 1. The predicted octanol–water partition coefficient (Wildman–Crippen LogP) is 3.87. The topological polar surface area (TPSA) is 105 Å². The van der Waals surface area contributed by atoms with Crippen LogP contribution in [0.3, 0.4) is 0 Å². The lowest BCUT2D eigenvalue weighted by Crippen LogP contribution is -2.53. The van der Waals surface area contributed by atoms with Crippen molar-refractivity contribution in [3.05, 3.63) is 83.4 Å². The molecular weight excluding hydrogens is 500 g/mol. The summed E-state index contributed by atoms with van der Waals surface area (Å²) in [7, 11) is 0. The number of carbonyl (C=O) groups excluding carboxylic acids is 2. The molecule has 1 aliphatic rings. The third-order valence-corrected chi connectivity index (χ3v) is 7.65. The number of carbonyl (C=O) groups is 3. The van der Waals surface area contributed by atoms with E-state index >= 15 is 0 Å². The molecule has 0 saturated heterocycles. The second-order valence-corrected chi connectivity index (χ2v) is 11.5. The summed E-state index contributed by atoms with van der Waals surface area (Å²) in [6.07, 6.45) is 1.88. The molecule has 1 aromatic heterocycles. The maximum absolute atomic E-state index is 13.4. The number of amides is 2. The van der Waals surface area contributed by atoms with Crippen molar-refractivity contribution >= 4 is 29.5 Å². The van der Waals surface area contributed by atoms with E-state index in [0.717, 1.165) is 21.8 Å². The largest absolute Gasteiger partial charge is 0.481 e. The Balaban J connectivity index is 1.53. The summed E-state index contributed by atoms with van der Waals surface area (Å²) in [6, 6.07) is 17.4. The van der Waals surface area contributed by atoms with Crippen LogP contribution in [-0.4, -0.2) is 55.7 Å². The number of carboxylic acids is 1. The Hall–Kier alpha value is -3.59. The minimum atomic E-state index is -0.988. The van der Waals surface area contributed by atoms with Crippen LogP contribution >= 0.6 is 11.8 Å². The molecule has 9 heteroatoms. The molecule has 38 heavy (non-hydrogen) atoms. The number of aliphatic carboxylic acids is 1. The number of thioether (sulfide) groups is 1. The zero-order valence-corrected chi connectivity index (χ0v) is 22.8. The molecular formula is C29H34N4O4S. The minimum Gasteiger partial charge on any atom is -0.481 e. The average Bonchev–Trinajstić information content (AvgIpc) is 3.28. The smallest absolute Gasteiger partial charge is 0.305 e. The number of aromatic nitrogens is 2. The van der Waals surface area contributed by atoms with Gasteiger partial charge in [0.15, 0.2) is 0 Å². The van der Waals surface area contributed by atoms with Gasteiger partial charge in [-0.25, -0.2) is 4.98 Å². The fourth-order valence-electron chi connectivity index (χ4n) is 4.46. The van der Waals surface area contributed by atoms with Crippen LogP contribution in [0.5, 0.6) is 0 Å². The van der Waals surface area contributed by atoms with Gasteiger partial charge in [-0.2, -0.15) is 0 Å². The zero-order chi connectivity index (χ0) is 27.3. The van der Waals surface area contributed by atoms with Gasteiger partial charge in [0, 0.05) is 24.4 Å². The molecule has 2 aromatic carbocycles. The Morgan fingerprint density at radius 2 is 1.79 bits per heavy atom. The van der Waals surface area contributed by atoms with Crippen molar-refractivity contribution in [2.75, 3.05) is 12.3 Å². The van der Waals surface area contributed by atoms with Crippen LogP contribution in [0.15, 0.2) is 65.8 Å². The van der Waals surface area contributed by atoms with Gasteiger partial charge in [-0.1, -0.05) is 63.2 Å². The van der Waals surface area contributed by atoms with Crippen LogP contribution < -0.4 is 5.32 Å². The molecule has 2 heterocycles. The van der Waals surface area contributed by atoms with Crippen molar-refractivity contribution in [2.45, 2.75) is 63.1 Å². The lowest BCUT2D eigenvalue weighted by atomic mass is 9.87. The molecule has 0 fully saturated rings. The molecule has 0 spiro atoms. The highest BCUT2D eigenvalue weighted by Gasteiger charge is 2.36. The lowest BCUT2D eigenvalue weighted by molar-refractivity contribution is -0.140. The summed E-state index contributed by atoms with van der Waals surface area (Å²) in [4.78, 5) is 44.5. The second kappa shape index (κ2) is 11.9. The molecule has 4 rings (SSSR count). The van der Waals surface area contributed by atoms with E-state index in [1.54, 1.807) is 11.2 Å². The van der Waals surface area contributed by atoms with Gasteiger partial charge in [-0.05, 0) is 28.7 Å². The van der Waals surface area contributed by atoms with Crippen molar-refractivity contribution in [3.63, 3.8) is 0 Å². The Kier molecular flexibility index (Phi) is 8.56. The first-order chi connectivity index (χ1) is 18.1. The van der Waals surface area contributed by atoms with E-state index in [1.807, 2.05) is 34.9 Å². The maximum atomic E-state index is 13.4. The first-order valence-electron chi connectivity index (χ1n) is 12.7. The number of carboxylic acid groups (broad SMARTS) is 1. The summed E-state index contributed by atoms with van der Waals surface area (Å²) < 4.78 is 2.05. The normalized spacial score (nSPS) is 15.1. The number of fused-ring (bicyclic) bond motifs is 1. The lowest BCUT2D eigenvalue weighted by Gasteiger charge is -2.35. The molecule has 200 valence electrons. The van der Waals surface area contributed by atoms with Gasteiger partial charge < -0.3 is 19.9 Å². The second-order valence-electron chi connectivity index (χ2n) is 10.5. The third-order valence-electron chi connectivity index (χ3n) is 6.66. The fraction of sp³-hybridized carbons (Fsp3) is 0.379. The Bertz CT molecular complexity index is 1280. The summed E-state index contributed by atoms with van der Waals surface area (Å²) in [5.41, 5.74) is 4.17. The molecule has 0 bridgehead atoms. The van der Waals surface area contributed by atoms with E-state index < -0.39 is 12.0 Å². The predicted molar refractivity (Wildman–Crippen MR) is 147 cm³/mol. The van der Waals surface area contributed by atoms with E-state index in [9.17, 15) is 14.4 Å². The summed E-state index contributed by atoms with van der Waals surface area (Å²) >= 11 is 1.43. The van der Waals surface area contributed by atoms with Crippen LogP contribution in [-0.2, 0) is 39.3 Å². The van der Waals surface area contributed by atoms with Gasteiger partial charge in [-0.3, -0.25) is 14.4 Å². The molecule has 3 aromatic rings. The molecule has 0 aliphatic carbocycles. The fourth-order valence-corrected chi connectivity index (χ4v) is 5.27. The van der Waals surface area contributed by atoms with Crippen molar-refractivity contribution in [1.82, 2.24) is 19.8 Å². The highest BCUT2D eigenvalue weighted by Crippen LogP contribution is 2.27. The number of benzene rings is 2. The number of nitrogens with one attached hydrogen (secondary N) is 1. The summed E-state index contributed by atoms with van der Waals surface area (Å²) in [5, 5.41) is 11.6. The van der Waals surface area contributed by atoms with Crippen LogP contribution in [0.25, 0.3) is 0 Å². The van der Waals surface area contributed by atoms with Crippen LogP contribution in [0.2, 0.25) is 0 Å². The third kappa shape index (κ3) is 6.83. The van der Waals surface area contributed by atoms with Crippen molar-refractivity contribution in [3.8, 4) is 0 Å². The van der Waals surface area contributed by atoms with Gasteiger partial charge in [-0.15, -0.1) is 11.8 Å². The average molecular weight is 535 g/mol. The van der Waals surface area contributed by atoms with Crippen LogP contribution in [0.4, 0.5) is 0 Å². The Morgan fingerprint density at radius 1 is 1.08 bits per heavy atom. The number of rotatable bonds is 9.